The lowest BCUT2D eigenvalue weighted by Gasteiger charge is -2.36. The summed E-state index contributed by atoms with van der Waals surface area (Å²) in [6.45, 7) is 1.83. The Kier molecular flexibility index (Phi) is 5.58. The minimum Gasteiger partial charge on any atom is -0.339 e. The number of benzene rings is 2. The molecule has 2 amide bonds. The molecular formula is C21H21ClN4O2. The molecule has 6 nitrogen and oxygen atoms in total. The molecule has 7 heteroatoms. The van der Waals surface area contributed by atoms with E-state index < -0.39 is 0 Å². The highest BCUT2D eigenvalue weighted by atomic mass is 35.5. The number of halogens is 1. The third-order valence-corrected chi connectivity index (χ3v) is 5.04. The van der Waals surface area contributed by atoms with Gasteiger partial charge in [0.2, 0.25) is 11.7 Å². The van der Waals surface area contributed by atoms with E-state index in [4.69, 9.17) is 16.1 Å². The molecule has 0 atom stereocenters. The molecule has 1 aliphatic rings. The quantitative estimate of drug-likeness (QED) is 0.636. The average molecular weight is 397 g/mol. The Hall–Kier alpha value is -2.86. The van der Waals surface area contributed by atoms with Gasteiger partial charge in [-0.15, -0.1) is 0 Å². The van der Waals surface area contributed by atoms with Gasteiger partial charge in [-0.2, -0.15) is 4.98 Å². The topological polar surface area (TPSA) is 71.3 Å². The number of hydrogen-bond donors (Lipinski definition) is 1. The lowest BCUT2D eigenvalue weighted by molar-refractivity contribution is 0.137. The van der Waals surface area contributed by atoms with Crippen molar-refractivity contribution in [1.82, 2.24) is 20.4 Å². The number of hydrogen-bond acceptors (Lipinski definition) is 4. The van der Waals surface area contributed by atoms with Crippen molar-refractivity contribution in [3.63, 3.8) is 0 Å². The third kappa shape index (κ3) is 4.34. The van der Waals surface area contributed by atoms with Crippen molar-refractivity contribution < 1.29 is 9.32 Å². The Morgan fingerprint density at radius 1 is 1.18 bits per heavy atom. The maximum absolute atomic E-state index is 12.2. The zero-order valence-corrected chi connectivity index (χ0v) is 16.1. The predicted molar refractivity (Wildman–Crippen MR) is 107 cm³/mol. The smallest absolute Gasteiger partial charge is 0.317 e. The molecule has 2 heterocycles. The van der Waals surface area contributed by atoms with E-state index in [2.05, 4.69) is 27.6 Å². The van der Waals surface area contributed by atoms with Gasteiger partial charge >= 0.3 is 6.03 Å². The number of carbonyl (C=O) groups excluding carboxylic acids is 1. The van der Waals surface area contributed by atoms with Crippen molar-refractivity contribution in [2.75, 3.05) is 19.6 Å². The fourth-order valence-electron chi connectivity index (χ4n) is 3.19. The molecule has 28 heavy (non-hydrogen) atoms. The van der Waals surface area contributed by atoms with Crippen LogP contribution in [-0.2, 0) is 6.42 Å². The standard InChI is InChI=1S/C21H21ClN4O2/c22-18-10-4-9-16(12-18)19-24-20(28-25-19)17-13-26(14-17)21(27)23-11-5-8-15-6-2-1-3-7-15/h1-4,6-7,9-10,12,17H,5,8,11,13-14H2,(H,23,27). The summed E-state index contributed by atoms with van der Waals surface area (Å²) in [5.74, 6) is 1.15. The van der Waals surface area contributed by atoms with Crippen molar-refractivity contribution >= 4 is 17.6 Å². The first-order valence-electron chi connectivity index (χ1n) is 9.35. The van der Waals surface area contributed by atoms with Gasteiger partial charge in [-0.1, -0.05) is 59.2 Å². The Labute approximate surface area is 168 Å². The number of nitrogens with one attached hydrogen (secondary N) is 1. The van der Waals surface area contributed by atoms with Crippen molar-refractivity contribution in [2.45, 2.75) is 18.8 Å². The van der Waals surface area contributed by atoms with E-state index >= 15 is 0 Å². The molecule has 0 bridgehead atoms. The fourth-order valence-corrected chi connectivity index (χ4v) is 3.38. The summed E-state index contributed by atoms with van der Waals surface area (Å²) < 4.78 is 5.38. The number of nitrogens with zero attached hydrogens (tertiary/aromatic N) is 3. The normalized spacial score (nSPS) is 14.0. The summed E-state index contributed by atoms with van der Waals surface area (Å²) in [6, 6.07) is 17.6. The van der Waals surface area contributed by atoms with Crippen LogP contribution in [0, 0.1) is 0 Å². The molecule has 4 rings (SSSR count). The molecule has 1 fully saturated rings. The minimum absolute atomic E-state index is 0.0427. The summed E-state index contributed by atoms with van der Waals surface area (Å²) in [7, 11) is 0. The SMILES string of the molecule is O=C(NCCCc1ccccc1)N1CC(c2nc(-c3cccc(Cl)c3)no2)C1. The largest absolute Gasteiger partial charge is 0.339 e. The van der Waals surface area contributed by atoms with Crippen LogP contribution in [0.1, 0.15) is 23.8 Å². The van der Waals surface area contributed by atoms with Crippen molar-refractivity contribution in [3.05, 3.63) is 71.1 Å². The fraction of sp³-hybridized carbons (Fsp3) is 0.286. The van der Waals surface area contributed by atoms with E-state index in [1.165, 1.54) is 5.56 Å². The molecule has 1 aliphatic heterocycles. The van der Waals surface area contributed by atoms with E-state index in [-0.39, 0.29) is 11.9 Å². The monoisotopic (exact) mass is 396 g/mol. The summed E-state index contributed by atoms with van der Waals surface area (Å²) in [4.78, 5) is 18.4. The van der Waals surface area contributed by atoms with Gasteiger partial charge in [0, 0.05) is 30.2 Å². The first-order chi connectivity index (χ1) is 13.7. The number of likely N-dealkylation sites (tertiary alicyclic amines) is 1. The van der Waals surface area contributed by atoms with Crippen molar-refractivity contribution in [3.8, 4) is 11.4 Å². The summed E-state index contributed by atoms with van der Waals surface area (Å²) in [5.41, 5.74) is 2.10. The Morgan fingerprint density at radius 3 is 2.79 bits per heavy atom. The second-order valence-electron chi connectivity index (χ2n) is 6.89. The van der Waals surface area contributed by atoms with E-state index in [0.717, 1.165) is 18.4 Å². The predicted octanol–water partition coefficient (Wildman–Crippen LogP) is 4.13. The Bertz CT molecular complexity index is 938. The molecule has 2 aromatic carbocycles. The van der Waals surface area contributed by atoms with Gasteiger partial charge in [-0.3, -0.25) is 0 Å². The molecule has 0 saturated carbocycles. The molecule has 0 aliphatic carbocycles. The highest BCUT2D eigenvalue weighted by Crippen LogP contribution is 2.28. The van der Waals surface area contributed by atoms with E-state index in [9.17, 15) is 4.79 Å². The number of carbonyl (C=O) groups is 1. The first kappa shape index (κ1) is 18.5. The van der Waals surface area contributed by atoms with Gasteiger partial charge in [-0.05, 0) is 30.5 Å². The van der Waals surface area contributed by atoms with Gasteiger partial charge in [0.1, 0.15) is 0 Å². The average Bonchev–Trinajstić information content (AvgIpc) is 3.15. The van der Waals surface area contributed by atoms with E-state index in [1.54, 1.807) is 17.0 Å². The van der Waals surface area contributed by atoms with Crippen LogP contribution in [0.5, 0.6) is 0 Å². The third-order valence-electron chi connectivity index (χ3n) is 4.80. The van der Waals surface area contributed by atoms with E-state index in [0.29, 0.717) is 36.4 Å². The summed E-state index contributed by atoms with van der Waals surface area (Å²) in [5, 5.41) is 7.62. The molecule has 0 spiro atoms. The highest BCUT2D eigenvalue weighted by molar-refractivity contribution is 6.30. The molecule has 0 unspecified atom stereocenters. The molecule has 3 aromatic rings. The second-order valence-corrected chi connectivity index (χ2v) is 7.33. The van der Waals surface area contributed by atoms with Gasteiger partial charge < -0.3 is 14.7 Å². The van der Waals surface area contributed by atoms with Gasteiger partial charge in [0.05, 0.1) is 5.92 Å². The summed E-state index contributed by atoms with van der Waals surface area (Å²) >= 11 is 6.01. The molecular weight excluding hydrogens is 376 g/mol. The van der Waals surface area contributed by atoms with Crippen molar-refractivity contribution in [1.29, 1.82) is 0 Å². The van der Waals surface area contributed by atoms with Crippen molar-refractivity contribution in [2.24, 2.45) is 0 Å². The summed E-state index contributed by atoms with van der Waals surface area (Å²) in [6.07, 6.45) is 1.87. The molecule has 1 aromatic heterocycles. The van der Waals surface area contributed by atoms with Crippen LogP contribution in [-0.4, -0.2) is 40.7 Å². The Morgan fingerprint density at radius 2 is 2.00 bits per heavy atom. The van der Waals surface area contributed by atoms with Gasteiger partial charge in [-0.25, -0.2) is 4.79 Å². The minimum atomic E-state index is -0.0427. The highest BCUT2D eigenvalue weighted by Gasteiger charge is 2.35. The number of aryl methyl sites for hydroxylation is 1. The Balaban J connectivity index is 1.22. The first-order valence-corrected chi connectivity index (χ1v) is 9.73. The number of amides is 2. The van der Waals surface area contributed by atoms with Crippen LogP contribution in [0.2, 0.25) is 5.02 Å². The molecule has 1 N–H and O–H groups in total. The zero-order valence-electron chi connectivity index (χ0n) is 15.3. The maximum Gasteiger partial charge on any atom is 0.317 e. The number of aromatic nitrogens is 2. The van der Waals surface area contributed by atoms with Gasteiger partial charge in [0.15, 0.2) is 0 Å². The molecule has 144 valence electrons. The van der Waals surface area contributed by atoms with Crippen LogP contribution in [0.25, 0.3) is 11.4 Å². The van der Waals surface area contributed by atoms with Crippen LogP contribution < -0.4 is 5.32 Å². The molecule has 0 radical (unpaired) electrons. The van der Waals surface area contributed by atoms with E-state index in [1.807, 2.05) is 30.3 Å². The zero-order chi connectivity index (χ0) is 19.3. The van der Waals surface area contributed by atoms with Crippen LogP contribution in [0.3, 0.4) is 0 Å². The number of urea groups is 1. The number of rotatable bonds is 6. The van der Waals surface area contributed by atoms with Crippen LogP contribution >= 0.6 is 11.6 Å². The second kappa shape index (κ2) is 8.44. The van der Waals surface area contributed by atoms with Crippen LogP contribution in [0.4, 0.5) is 4.79 Å². The van der Waals surface area contributed by atoms with Crippen LogP contribution in [0.15, 0.2) is 59.1 Å². The van der Waals surface area contributed by atoms with Gasteiger partial charge in [0.25, 0.3) is 0 Å². The lowest BCUT2D eigenvalue weighted by atomic mass is 10.0. The molecule has 1 saturated heterocycles. The maximum atomic E-state index is 12.2. The lowest BCUT2D eigenvalue weighted by Crippen LogP contribution is -2.52.